The van der Waals surface area contributed by atoms with E-state index in [0.717, 1.165) is 41.1 Å². The van der Waals surface area contributed by atoms with Crippen molar-refractivity contribution < 1.29 is 14.4 Å². The Balaban J connectivity index is 1.76. The van der Waals surface area contributed by atoms with Crippen molar-refractivity contribution in [1.29, 1.82) is 0 Å². The lowest BCUT2D eigenvalue weighted by Crippen LogP contribution is -2.54. The number of hydrogen-bond donors (Lipinski definition) is 1. The number of amides is 4. The molecular weight excluding hydrogens is 585 g/mol. The Labute approximate surface area is 207 Å². The summed E-state index contributed by atoms with van der Waals surface area (Å²) in [7, 11) is 0. The van der Waals surface area contributed by atoms with E-state index in [1.807, 2.05) is 51.1 Å². The summed E-state index contributed by atoms with van der Waals surface area (Å²) in [6.07, 6.45) is 1.55. The SMILES string of the molecule is Cc1cc(N2C(=O)NC(=O)/C(=C/c3cc(C)n(-c4ccc(I)cc4)c3C)C2=O)ccc1Br. The predicted molar refractivity (Wildman–Crippen MR) is 136 cm³/mol. The van der Waals surface area contributed by atoms with Gasteiger partial charge in [-0.1, -0.05) is 15.9 Å². The van der Waals surface area contributed by atoms with Crippen LogP contribution in [0.5, 0.6) is 0 Å². The third-order valence-corrected chi connectivity index (χ3v) is 6.97. The zero-order chi connectivity index (χ0) is 23.2. The molecule has 2 heterocycles. The van der Waals surface area contributed by atoms with E-state index in [2.05, 4.69) is 48.4 Å². The molecule has 4 rings (SSSR count). The summed E-state index contributed by atoms with van der Waals surface area (Å²) < 4.78 is 4.06. The number of carbonyl (C=O) groups excluding carboxylic acids is 3. The van der Waals surface area contributed by atoms with Crippen LogP contribution < -0.4 is 10.2 Å². The van der Waals surface area contributed by atoms with Crippen molar-refractivity contribution in [2.75, 3.05) is 4.90 Å². The monoisotopic (exact) mass is 603 g/mol. The minimum atomic E-state index is -0.761. The Morgan fingerprint density at radius 2 is 1.59 bits per heavy atom. The van der Waals surface area contributed by atoms with Gasteiger partial charge in [-0.25, -0.2) is 9.69 Å². The van der Waals surface area contributed by atoms with Crippen LogP contribution >= 0.6 is 38.5 Å². The number of imide groups is 2. The molecule has 0 spiro atoms. The fourth-order valence-electron chi connectivity index (χ4n) is 3.74. The van der Waals surface area contributed by atoms with Crippen LogP contribution in [-0.2, 0) is 9.59 Å². The van der Waals surface area contributed by atoms with Crippen LogP contribution in [-0.4, -0.2) is 22.4 Å². The van der Waals surface area contributed by atoms with Crippen LogP contribution in [0.2, 0.25) is 0 Å². The van der Waals surface area contributed by atoms with E-state index in [0.29, 0.717) is 5.69 Å². The molecule has 1 N–H and O–H groups in total. The van der Waals surface area contributed by atoms with Crippen molar-refractivity contribution in [3.63, 3.8) is 0 Å². The number of nitrogens with zero attached hydrogens (tertiary/aromatic N) is 2. The normalized spacial score (nSPS) is 15.5. The summed E-state index contributed by atoms with van der Waals surface area (Å²) in [4.78, 5) is 39.2. The summed E-state index contributed by atoms with van der Waals surface area (Å²) in [6, 6.07) is 14.4. The number of aromatic nitrogens is 1. The average molecular weight is 604 g/mol. The van der Waals surface area contributed by atoms with E-state index >= 15 is 0 Å². The lowest BCUT2D eigenvalue weighted by atomic mass is 10.1. The molecule has 0 unspecified atom stereocenters. The molecule has 0 bridgehead atoms. The molecule has 0 aliphatic carbocycles. The van der Waals surface area contributed by atoms with Crippen LogP contribution in [0, 0.1) is 24.3 Å². The maximum Gasteiger partial charge on any atom is 0.335 e. The van der Waals surface area contributed by atoms with Gasteiger partial charge in [0.05, 0.1) is 5.69 Å². The van der Waals surface area contributed by atoms with Gasteiger partial charge in [-0.3, -0.25) is 14.9 Å². The zero-order valence-corrected chi connectivity index (χ0v) is 21.3. The van der Waals surface area contributed by atoms with Gasteiger partial charge < -0.3 is 4.57 Å². The fourth-order valence-corrected chi connectivity index (χ4v) is 4.34. The Hall–Kier alpha value is -2.72. The van der Waals surface area contributed by atoms with Gasteiger partial charge in [0.25, 0.3) is 11.8 Å². The Kier molecular flexibility index (Phi) is 6.09. The molecule has 0 radical (unpaired) electrons. The summed E-state index contributed by atoms with van der Waals surface area (Å²) >= 11 is 5.67. The minimum absolute atomic E-state index is 0.0898. The van der Waals surface area contributed by atoms with Crippen molar-refractivity contribution in [2.24, 2.45) is 0 Å². The number of anilines is 1. The Morgan fingerprint density at radius 3 is 2.25 bits per heavy atom. The van der Waals surface area contributed by atoms with Gasteiger partial charge in [-0.05, 0) is 109 Å². The summed E-state index contributed by atoms with van der Waals surface area (Å²) in [5.74, 6) is -1.36. The highest BCUT2D eigenvalue weighted by molar-refractivity contribution is 14.1. The fraction of sp³-hybridized carbons (Fsp3) is 0.125. The standard InChI is InChI=1S/C24H19BrIN3O3/c1-13-10-19(8-9-21(13)25)29-23(31)20(22(30)27-24(29)32)12-16-11-14(2)28(15(16)3)18-6-4-17(26)5-7-18/h4-12H,1-3H3,(H,27,30,32)/b20-12-. The Bertz CT molecular complexity index is 1310. The first-order valence-electron chi connectivity index (χ1n) is 9.80. The maximum absolute atomic E-state index is 13.2. The smallest absolute Gasteiger partial charge is 0.318 e. The van der Waals surface area contributed by atoms with E-state index < -0.39 is 17.8 Å². The second-order valence-electron chi connectivity index (χ2n) is 7.53. The Morgan fingerprint density at radius 1 is 0.938 bits per heavy atom. The molecule has 3 aromatic rings. The first-order valence-corrected chi connectivity index (χ1v) is 11.7. The number of halogens is 2. The van der Waals surface area contributed by atoms with Gasteiger partial charge in [0.15, 0.2) is 0 Å². The maximum atomic E-state index is 13.2. The number of benzene rings is 2. The second-order valence-corrected chi connectivity index (χ2v) is 9.63. The van der Waals surface area contributed by atoms with Gasteiger partial charge in [0.1, 0.15) is 5.57 Å². The molecule has 2 aromatic carbocycles. The van der Waals surface area contributed by atoms with Crippen LogP contribution in [0.3, 0.4) is 0 Å². The van der Waals surface area contributed by atoms with Gasteiger partial charge in [0, 0.05) is 25.1 Å². The molecule has 4 amide bonds. The number of barbiturate groups is 1. The zero-order valence-electron chi connectivity index (χ0n) is 17.6. The van der Waals surface area contributed by atoms with Crippen molar-refractivity contribution >= 4 is 68.1 Å². The molecule has 1 aromatic heterocycles. The number of aryl methyl sites for hydroxylation is 2. The van der Waals surface area contributed by atoms with Crippen molar-refractivity contribution in [2.45, 2.75) is 20.8 Å². The van der Waals surface area contributed by atoms with Crippen molar-refractivity contribution in [3.8, 4) is 5.69 Å². The number of nitrogens with one attached hydrogen (secondary N) is 1. The van der Waals surface area contributed by atoms with E-state index in [4.69, 9.17) is 0 Å². The van der Waals surface area contributed by atoms with Crippen LogP contribution in [0.1, 0.15) is 22.5 Å². The molecule has 8 heteroatoms. The van der Waals surface area contributed by atoms with Crippen molar-refractivity contribution in [3.05, 3.63) is 84.7 Å². The summed E-state index contributed by atoms with van der Waals surface area (Å²) in [5, 5.41) is 2.28. The van der Waals surface area contributed by atoms with Crippen LogP contribution in [0.15, 0.2) is 58.6 Å². The molecule has 1 fully saturated rings. The molecular formula is C24H19BrIN3O3. The molecule has 0 saturated carbocycles. The lowest BCUT2D eigenvalue weighted by molar-refractivity contribution is -0.122. The van der Waals surface area contributed by atoms with Gasteiger partial charge in [-0.15, -0.1) is 0 Å². The lowest BCUT2D eigenvalue weighted by Gasteiger charge is -2.26. The quantitative estimate of drug-likeness (QED) is 0.246. The van der Waals surface area contributed by atoms with E-state index in [9.17, 15) is 14.4 Å². The number of carbonyl (C=O) groups is 3. The highest BCUT2D eigenvalue weighted by Gasteiger charge is 2.37. The van der Waals surface area contributed by atoms with Gasteiger partial charge >= 0.3 is 6.03 Å². The van der Waals surface area contributed by atoms with Gasteiger partial charge in [-0.2, -0.15) is 0 Å². The number of hydrogen-bond acceptors (Lipinski definition) is 3. The minimum Gasteiger partial charge on any atom is -0.318 e. The molecule has 0 atom stereocenters. The first-order chi connectivity index (χ1) is 15.2. The molecule has 32 heavy (non-hydrogen) atoms. The molecule has 1 saturated heterocycles. The van der Waals surface area contributed by atoms with Crippen LogP contribution in [0.25, 0.3) is 11.8 Å². The molecule has 6 nitrogen and oxygen atoms in total. The van der Waals surface area contributed by atoms with E-state index in [1.54, 1.807) is 24.3 Å². The topological polar surface area (TPSA) is 71.4 Å². The highest BCUT2D eigenvalue weighted by Crippen LogP contribution is 2.28. The third-order valence-electron chi connectivity index (χ3n) is 5.36. The average Bonchev–Trinajstić information content (AvgIpc) is 3.01. The predicted octanol–water partition coefficient (Wildman–Crippen LogP) is 5.44. The highest BCUT2D eigenvalue weighted by atomic mass is 127. The van der Waals surface area contributed by atoms with Crippen molar-refractivity contribution in [1.82, 2.24) is 9.88 Å². The molecule has 1 aliphatic rings. The molecule has 162 valence electrons. The summed E-state index contributed by atoms with van der Waals surface area (Å²) in [6.45, 7) is 5.76. The van der Waals surface area contributed by atoms with E-state index in [1.165, 1.54) is 0 Å². The van der Waals surface area contributed by atoms with E-state index in [-0.39, 0.29) is 5.57 Å². The van der Waals surface area contributed by atoms with Crippen LogP contribution in [0.4, 0.5) is 10.5 Å². The first kappa shape index (κ1) is 22.5. The largest absolute Gasteiger partial charge is 0.335 e. The number of rotatable bonds is 3. The summed E-state index contributed by atoms with van der Waals surface area (Å²) in [5.41, 5.74) is 4.76. The number of urea groups is 1. The van der Waals surface area contributed by atoms with Gasteiger partial charge in [0.2, 0.25) is 0 Å². The molecule has 1 aliphatic heterocycles. The third kappa shape index (κ3) is 4.04. The second kappa shape index (κ2) is 8.67.